The molecule has 0 fully saturated rings. The maximum Gasteiger partial charge on any atom is 0.322 e. The second kappa shape index (κ2) is 8.63. The largest absolute Gasteiger partial charge is 0.403 e. The van der Waals surface area contributed by atoms with Crippen molar-refractivity contribution >= 4 is 45.8 Å². The lowest BCUT2D eigenvalue weighted by atomic mass is 10.2. The highest BCUT2D eigenvalue weighted by atomic mass is 32.2. The molecule has 2 aromatic heterocycles. The maximum atomic E-state index is 12.1. The SMILES string of the molecule is O=C(CSc1nnc(Nc2ccccc2)s1)Nc1nnc(-c2ccccc2)o1. The van der Waals surface area contributed by atoms with E-state index in [4.69, 9.17) is 4.42 Å². The van der Waals surface area contributed by atoms with Gasteiger partial charge in [-0.3, -0.25) is 10.1 Å². The van der Waals surface area contributed by atoms with Crippen LogP contribution in [0.1, 0.15) is 0 Å². The van der Waals surface area contributed by atoms with Gasteiger partial charge >= 0.3 is 6.01 Å². The summed E-state index contributed by atoms with van der Waals surface area (Å²) in [6, 6.07) is 19.1. The van der Waals surface area contributed by atoms with E-state index in [1.165, 1.54) is 23.1 Å². The van der Waals surface area contributed by atoms with E-state index in [0.29, 0.717) is 15.4 Å². The molecule has 2 aromatic carbocycles. The van der Waals surface area contributed by atoms with Crippen molar-refractivity contribution in [3.63, 3.8) is 0 Å². The zero-order valence-electron chi connectivity index (χ0n) is 14.4. The molecule has 0 bridgehead atoms. The van der Waals surface area contributed by atoms with Gasteiger partial charge in [-0.15, -0.1) is 15.3 Å². The number of thioether (sulfide) groups is 1. The normalized spacial score (nSPS) is 10.6. The lowest BCUT2D eigenvalue weighted by Gasteiger charge is -1.99. The van der Waals surface area contributed by atoms with Gasteiger partial charge in [0.05, 0.1) is 5.75 Å². The summed E-state index contributed by atoms with van der Waals surface area (Å²) in [6.07, 6.45) is 0. The second-order valence-corrected chi connectivity index (χ2v) is 7.68. The van der Waals surface area contributed by atoms with Crippen molar-refractivity contribution in [2.24, 2.45) is 0 Å². The summed E-state index contributed by atoms with van der Waals surface area (Å²) < 4.78 is 6.15. The van der Waals surface area contributed by atoms with Crippen molar-refractivity contribution in [1.29, 1.82) is 0 Å². The Hall–Kier alpha value is -3.24. The molecule has 0 saturated heterocycles. The van der Waals surface area contributed by atoms with Gasteiger partial charge in [0.2, 0.25) is 16.9 Å². The number of para-hydroxylation sites is 1. The number of carbonyl (C=O) groups is 1. The van der Waals surface area contributed by atoms with Crippen molar-refractivity contribution in [3.05, 3.63) is 60.7 Å². The monoisotopic (exact) mass is 410 g/mol. The molecule has 10 heteroatoms. The molecular weight excluding hydrogens is 396 g/mol. The maximum absolute atomic E-state index is 12.1. The predicted octanol–water partition coefficient (Wildman–Crippen LogP) is 4.06. The number of nitrogens with zero attached hydrogens (tertiary/aromatic N) is 4. The number of aromatic nitrogens is 4. The summed E-state index contributed by atoms with van der Waals surface area (Å²) in [6.45, 7) is 0. The minimum atomic E-state index is -0.263. The van der Waals surface area contributed by atoms with Crippen LogP contribution in [0.2, 0.25) is 0 Å². The first-order chi connectivity index (χ1) is 13.8. The first-order valence-corrected chi connectivity index (χ1v) is 10.0. The van der Waals surface area contributed by atoms with E-state index in [1.807, 2.05) is 60.7 Å². The van der Waals surface area contributed by atoms with E-state index >= 15 is 0 Å². The van der Waals surface area contributed by atoms with Gasteiger partial charge in [-0.2, -0.15) is 0 Å². The van der Waals surface area contributed by atoms with Gasteiger partial charge in [0.1, 0.15) is 0 Å². The summed E-state index contributed by atoms with van der Waals surface area (Å²) >= 11 is 2.66. The van der Waals surface area contributed by atoms with Crippen LogP contribution >= 0.6 is 23.1 Å². The third-order valence-corrected chi connectivity index (χ3v) is 5.42. The third-order valence-electron chi connectivity index (χ3n) is 3.45. The van der Waals surface area contributed by atoms with Crippen LogP contribution in [0.4, 0.5) is 16.8 Å². The fourth-order valence-corrected chi connectivity index (χ4v) is 3.79. The lowest BCUT2D eigenvalue weighted by molar-refractivity contribution is -0.113. The highest BCUT2D eigenvalue weighted by Gasteiger charge is 2.13. The fourth-order valence-electron chi connectivity index (χ4n) is 2.22. The molecule has 0 aliphatic rings. The van der Waals surface area contributed by atoms with Crippen LogP contribution in [0.3, 0.4) is 0 Å². The summed E-state index contributed by atoms with van der Waals surface area (Å²) in [4.78, 5) is 12.1. The smallest absolute Gasteiger partial charge is 0.322 e. The quantitative estimate of drug-likeness (QED) is 0.439. The van der Waals surface area contributed by atoms with Gasteiger partial charge in [-0.25, -0.2) is 0 Å². The van der Waals surface area contributed by atoms with Crippen LogP contribution in [0.15, 0.2) is 69.4 Å². The average molecular weight is 410 g/mol. The van der Waals surface area contributed by atoms with E-state index in [1.54, 1.807) is 0 Å². The molecular formula is C18H14N6O2S2. The molecule has 0 atom stereocenters. The Bertz CT molecular complexity index is 1050. The van der Waals surface area contributed by atoms with Crippen molar-refractivity contribution in [1.82, 2.24) is 20.4 Å². The number of hydrogen-bond donors (Lipinski definition) is 2. The Balaban J connectivity index is 1.29. The lowest BCUT2D eigenvalue weighted by Crippen LogP contribution is -2.14. The molecule has 0 unspecified atom stereocenters. The zero-order chi connectivity index (χ0) is 19.2. The van der Waals surface area contributed by atoms with Gasteiger partial charge < -0.3 is 9.73 Å². The molecule has 8 nitrogen and oxygen atoms in total. The number of carbonyl (C=O) groups excluding carboxylic acids is 1. The molecule has 28 heavy (non-hydrogen) atoms. The Morgan fingerprint density at radius 1 is 0.964 bits per heavy atom. The fraction of sp³-hybridized carbons (Fsp3) is 0.0556. The average Bonchev–Trinajstić information content (AvgIpc) is 3.37. The molecule has 0 radical (unpaired) electrons. The number of nitrogens with one attached hydrogen (secondary N) is 2. The highest BCUT2D eigenvalue weighted by molar-refractivity contribution is 8.01. The molecule has 0 saturated carbocycles. The van der Waals surface area contributed by atoms with E-state index < -0.39 is 0 Å². The van der Waals surface area contributed by atoms with E-state index in [-0.39, 0.29) is 17.7 Å². The predicted molar refractivity (Wildman–Crippen MR) is 109 cm³/mol. The van der Waals surface area contributed by atoms with Crippen molar-refractivity contribution in [3.8, 4) is 11.5 Å². The van der Waals surface area contributed by atoms with Crippen LogP contribution in [-0.4, -0.2) is 32.1 Å². The molecule has 0 aliphatic carbocycles. The number of rotatable bonds is 7. The third kappa shape index (κ3) is 4.72. The summed E-state index contributed by atoms with van der Waals surface area (Å²) in [5.74, 6) is 0.244. The van der Waals surface area contributed by atoms with Crippen LogP contribution < -0.4 is 10.6 Å². The number of anilines is 3. The molecule has 4 aromatic rings. The van der Waals surface area contributed by atoms with Crippen LogP contribution in [0.5, 0.6) is 0 Å². The minimum absolute atomic E-state index is 0.0631. The number of benzene rings is 2. The Morgan fingerprint density at radius 2 is 1.71 bits per heavy atom. The highest BCUT2D eigenvalue weighted by Crippen LogP contribution is 2.27. The van der Waals surface area contributed by atoms with E-state index in [9.17, 15) is 4.79 Å². The zero-order valence-corrected chi connectivity index (χ0v) is 16.0. The van der Waals surface area contributed by atoms with E-state index in [0.717, 1.165) is 11.3 Å². The molecule has 0 spiro atoms. The van der Waals surface area contributed by atoms with Crippen molar-refractivity contribution < 1.29 is 9.21 Å². The topological polar surface area (TPSA) is 106 Å². The van der Waals surface area contributed by atoms with Gasteiger partial charge in [0.25, 0.3) is 0 Å². The molecule has 1 amide bonds. The Morgan fingerprint density at radius 3 is 2.50 bits per heavy atom. The first-order valence-electron chi connectivity index (χ1n) is 8.23. The van der Waals surface area contributed by atoms with Gasteiger partial charge in [-0.1, -0.05) is 64.6 Å². The van der Waals surface area contributed by atoms with Crippen LogP contribution in [0.25, 0.3) is 11.5 Å². The van der Waals surface area contributed by atoms with Gasteiger partial charge in [0, 0.05) is 11.3 Å². The molecule has 140 valence electrons. The Labute approximate surface area is 168 Å². The van der Waals surface area contributed by atoms with Crippen LogP contribution in [0, 0.1) is 0 Å². The van der Waals surface area contributed by atoms with Crippen molar-refractivity contribution in [2.75, 3.05) is 16.4 Å². The number of hydrogen-bond acceptors (Lipinski definition) is 9. The molecule has 2 heterocycles. The standard InChI is InChI=1S/C18H14N6O2S2/c25-14(20-16-22-21-15(26-16)12-7-3-1-4-8-12)11-27-18-24-23-17(28-18)19-13-9-5-2-6-10-13/h1-10H,11H2,(H,19,23)(H,20,22,25). The summed E-state index contributed by atoms with van der Waals surface area (Å²) in [7, 11) is 0. The molecule has 4 rings (SSSR count). The Kier molecular flexibility index (Phi) is 5.59. The van der Waals surface area contributed by atoms with Gasteiger partial charge in [-0.05, 0) is 24.3 Å². The second-order valence-electron chi connectivity index (χ2n) is 5.48. The minimum Gasteiger partial charge on any atom is -0.403 e. The summed E-state index contributed by atoms with van der Waals surface area (Å²) in [5.41, 5.74) is 1.72. The van der Waals surface area contributed by atoms with E-state index in [2.05, 4.69) is 31.0 Å². The molecule has 0 aliphatic heterocycles. The molecule has 2 N–H and O–H groups in total. The van der Waals surface area contributed by atoms with Gasteiger partial charge in [0.15, 0.2) is 4.34 Å². The summed E-state index contributed by atoms with van der Waals surface area (Å²) in [5, 5.41) is 22.3. The van der Waals surface area contributed by atoms with Crippen LogP contribution in [-0.2, 0) is 4.79 Å². The van der Waals surface area contributed by atoms with Crippen molar-refractivity contribution in [2.45, 2.75) is 4.34 Å². The first kappa shape index (κ1) is 18.1. The number of amides is 1.